The summed E-state index contributed by atoms with van der Waals surface area (Å²) in [6, 6.07) is 2.99. The average molecular weight is 340 g/mol. The third-order valence-electron chi connectivity index (χ3n) is 1.98. The minimum Gasteiger partial charge on any atom is -0.293 e. The fraction of sp³-hybridized carbons (Fsp3) is 0.125. The van der Waals surface area contributed by atoms with Crippen LogP contribution in [0.15, 0.2) is 26.0 Å². The molecule has 0 radical (unpaired) electrons. The number of hydrogen-bond donors (Lipinski definition) is 0. The van der Waals surface area contributed by atoms with Crippen LogP contribution in [0.2, 0.25) is 0 Å². The molecule has 0 fully saturated rings. The summed E-state index contributed by atoms with van der Waals surface area (Å²) in [5.41, 5.74) is 0.278. The summed E-state index contributed by atoms with van der Waals surface area (Å²) in [5, 5.41) is 0. The van der Waals surface area contributed by atoms with Gasteiger partial charge in [-0.25, -0.2) is 8.42 Å². The highest BCUT2D eigenvalue weighted by molar-refractivity contribution is 9.13. The number of Topliss-reactive ketones (excluding diaryl/α,β-unsaturated/α-hetero) is 1. The maximum absolute atomic E-state index is 11.5. The van der Waals surface area contributed by atoms with Gasteiger partial charge in [-0.15, -0.1) is 0 Å². The lowest BCUT2D eigenvalue weighted by Crippen LogP contribution is -2.03. The molecule has 0 spiro atoms. The molecule has 1 aromatic rings. The molecule has 1 heterocycles. The molecule has 0 atom stereocenters. The zero-order chi connectivity index (χ0) is 10.5. The van der Waals surface area contributed by atoms with Crippen molar-refractivity contribution in [1.82, 2.24) is 0 Å². The van der Waals surface area contributed by atoms with E-state index in [0.29, 0.717) is 8.95 Å². The van der Waals surface area contributed by atoms with Crippen LogP contribution in [0.25, 0.3) is 0 Å². The van der Waals surface area contributed by atoms with E-state index in [1.165, 1.54) is 12.1 Å². The normalized spacial score (nSPS) is 18.3. The Bertz CT molecular complexity index is 534. The van der Waals surface area contributed by atoms with E-state index in [2.05, 4.69) is 31.9 Å². The quantitative estimate of drug-likeness (QED) is 0.728. The molecular weight excluding hydrogens is 336 g/mol. The standard InChI is InChI=1S/C8H4Br2O3S/c9-5-1-4-7(11)3-14(12,13)8(4)2-6(5)10/h1-2H,3H2. The molecule has 74 valence electrons. The Morgan fingerprint density at radius 1 is 1.14 bits per heavy atom. The summed E-state index contributed by atoms with van der Waals surface area (Å²) in [7, 11) is -3.39. The van der Waals surface area contributed by atoms with E-state index >= 15 is 0 Å². The highest BCUT2D eigenvalue weighted by atomic mass is 79.9. The molecule has 1 aliphatic heterocycles. The smallest absolute Gasteiger partial charge is 0.186 e. The summed E-state index contributed by atoms with van der Waals surface area (Å²) in [4.78, 5) is 11.5. The van der Waals surface area contributed by atoms with E-state index in [9.17, 15) is 13.2 Å². The zero-order valence-electron chi connectivity index (χ0n) is 6.75. The highest BCUT2D eigenvalue weighted by Crippen LogP contribution is 2.33. The van der Waals surface area contributed by atoms with Gasteiger partial charge in [0, 0.05) is 14.5 Å². The van der Waals surface area contributed by atoms with Gasteiger partial charge >= 0.3 is 0 Å². The van der Waals surface area contributed by atoms with Crippen LogP contribution >= 0.6 is 31.9 Å². The molecule has 0 aliphatic carbocycles. The van der Waals surface area contributed by atoms with Crippen molar-refractivity contribution in [2.45, 2.75) is 4.90 Å². The summed E-state index contributed by atoms with van der Waals surface area (Å²) >= 11 is 6.42. The Hall–Kier alpha value is -0.200. The summed E-state index contributed by atoms with van der Waals surface area (Å²) in [6.07, 6.45) is 0. The molecule has 1 aliphatic rings. The maximum Gasteiger partial charge on any atom is 0.186 e. The van der Waals surface area contributed by atoms with E-state index in [1.54, 1.807) is 0 Å². The van der Waals surface area contributed by atoms with Crippen LogP contribution in [0.5, 0.6) is 0 Å². The van der Waals surface area contributed by atoms with Gasteiger partial charge in [-0.2, -0.15) is 0 Å². The van der Waals surface area contributed by atoms with Crippen molar-refractivity contribution >= 4 is 47.5 Å². The van der Waals surface area contributed by atoms with E-state index in [4.69, 9.17) is 0 Å². The first-order chi connectivity index (χ1) is 6.42. The van der Waals surface area contributed by atoms with Gasteiger partial charge in [0.2, 0.25) is 0 Å². The Morgan fingerprint density at radius 3 is 2.36 bits per heavy atom. The van der Waals surface area contributed by atoms with Gasteiger partial charge in [0.25, 0.3) is 0 Å². The number of hydrogen-bond acceptors (Lipinski definition) is 3. The number of benzene rings is 1. The minimum absolute atomic E-state index is 0.123. The van der Waals surface area contributed by atoms with Crippen LogP contribution in [0.1, 0.15) is 10.4 Å². The Kier molecular flexibility index (Phi) is 2.32. The molecule has 3 nitrogen and oxygen atoms in total. The number of sulfone groups is 1. The molecule has 0 unspecified atom stereocenters. The number of carbonyl (C=O) groups is 1. The molecular formula is C8H4Br2O3S. The summed E-state index contributed by atoms with van der Waals surface area (Å²) < 4.78 is 24.3. The topological polar surface area (TPSA) is 51.2 Å². The fourth-order valence-electron chi connectivity index (χ4n) is 1.33. The molecule has 0 amide bonds. The molecule has 0 N–H and O–H groups in total. The Balaban J connectivity index is 2.83. The molecule has 0 saturated heterocycles. The lowest BCUT2D eigenvalue weighted by Gasteiger charge is -2.00. The van der Waals surface area contributed by atoms with E-state index < -0.39 is 15.6 Å². The predicted molar refractivity (Wildman–Crippen MR) is 58.2 cm³/mol. The van der Waals surface area contributed by atoms with Crippen molar-refractivity contribution in [1.29, 1.82) is 0 Å². The third-order valence-corrected chi connectivity index (χ3v) is 5.47. The average Bonchev–Trinajstić information content (AvgIpc) is 2.26. The van der Waals surface area contributed by atoms with Gasteiger partial charge < -0.3 is 0 Å². The zero-order valence-corrected chi connectivity index (χ0v) is 10.7. The monoisotopic (exact) mass is 338 g/mol. The van der Waals surface area contributed by atoms with Gasteiger partial charge in [0.05, 0.1) is 4.90 Å². The second-order valence-corrected chi connectivity index (χ2v) is 6.61. The first kappa shape index (κ1) is 10.3. The van der Waals surface area contributed by atoms with Crippen LogP contribution in [0, 0.1) is 0 Å². The first-order valence-corrected chi connectivity index (χ1v) is 6.90. The van der Waals surface area contributed by atoms with Crippen LogP contribution in [0.3, 0.4) is 0 Å². The van der Waals surface area contributed by atoms with Crippen molar-refractivity contribution in [2.75, 3.05) is 5.75 Å². The molecule has 1 aromatic carbocycles. The summed E-state index contributed by atoms with van der Waals surface area (Å²) in [6.45, 7) is 0. The number of rotatable bonds is 0. The number of ketones is 1. The van der Waals surface area contributed by atoms with Crippen LogP contribution in [0.4, 0.5) is 0 Å². The number of halogens is 2. The lowest BCUT2D eigenvalue weighted by molar-refractivity contribution is 0.102. The summed E-state index contributed by atoms with van der Waals surface area (Å²) in [5.74, 6) is -0.751. The Labute approximate surface area is 97.7 Å². The minimum atomic E-state index is -3.39. The molecule has 2 rings (SSSR count). The van der Waals surface area contributed by atoms with Gasteiger partial charge in [0.1, 0.15) is 5.75 Å². The van der Waals surface area contributed by atoms with Gasteiger partial charge in [-0.3, -0.25) is 4.79 Å². The van der Waals surface area contributed by atoms with E-state index in [-0.39, 0.29) is 16.2 Å². The first-order valence-electron chi connectivity index (χ1n) is 3.67. The Morgan fingerprint density at radius 2 is 1.71 bits per heavy atom. The van der Waals surface area contributed by atoms with E-state index in [0.717, 1.165) is 0 Å². The van der Waals surface area contributed by atoms with Crippen molar-refractivity contribution in [3.8, 4) is 0 Å². The van der Waals surface area contributed by atoms with Crippen LogP contribution < -0.4 is 0 Å². The van der Waals surface area contributed by atoms with Crippen LogP contribution in [-0.4, -0.2) is 20.0 Å². The van der Waals surface area contributed by atoms with E-state index in [1.807, 2.05) is 0 Å². The SMILES string of the molecule is O=C1CS(=O)(=O)c2cc(Br)c(Br)cc21. The fourth-order valence-corrected chi connectivity index (χ4v) is 3.63. The highest BCUT2D eigenvalue weighted by Gasteiger charge is 2.33. The number of carbonyl (C=O) groups excluding carboxylic acids is 1. The molecule has 0 saturated carbocycles. The molecule has 0 aromatic heterocycles. The van der Waals surface area contributed by atoms with Gasteiger partial charge in [-0.1, -0.05) is 0 Å². The van der Waals surface area contributed by atoms with Gasteiger partial charge in [0.15, 0.2) is 15.6 Å². The van der Waals surface area contributed by atoms with Crippen LogP contribution in [-0.2, 0) is 9.84 Å². The van der Waals surface area contributed by atoms with Gasteiger partial charge in [-0.05, 0) is 44.0 Å². The van der Waals surface area contributed by atoms with Crippen molar-refractivity contribution in [2.24, 2.45) is 0 Å². The second kappa shape index (κ2) is 3.15. The van der Waals surface area contributed by atoms with Crippen molar-refractivity contribution in [3.05, 3.63) is 26.6 Å². The second-order valence-electron chi connectivity index (χ2n) is 2.94. The predicted octanol–water partition coefficient (Wildman–Crippen LogP) is 2.18. The molecule has 14 heavy (non-hydrogen) atoms. The molecule has 6 heteroatoms. The van der Waals surface area contributed by atoms with Crippen molar-refractivity contribution in [3.63, 3.8) is 0 Å². The lowest BCUT2D eigenvalue weighted by atomic mass is 10.2. The maximum atomic E-state index is 11.5. The molecule has 0 bridgehead atoms. The number of fused-ring (bicyclic) bond motifs is 1. The largest absolute Gasteiger partial charge is 0.293 e. The van der Waals surface area contributed by atoms with Crippen molar-refractivity contribution < 1.29 is 13.2 Å². The third kappa shape index (κ3) is 1.45.